The van der Waals surface area contributed by atoms with E-state index in [1.54, 1.807) is 23.1 Å². The van der Waals surface area contributed by atoms with Gasteiger partial charge in [-0.15, -0.1) is 0 Å². The number of carbonyl (C=O) groups excluding carboxylic acids is 1. The summed E-state index contributed by atoms with van der Waals surface area (Å²) in [6.45, 7) is 6.73. The van der Waals surface area contributed by atoms with Gasteiger partial charge in [0.05, 0.1) is 11.3 Å². The molecule has 1 aliphatic rings. The van der Waals surface area contributed by atoms with E-state index >= 15 is 0 Å². The minimum atomic E-state index is -0.949. The largest absolute Gasteiger partial charge is 0.478 e. The number of aromatic nitrogens is 1. The number of aromatic carboxylic acids is 1. The van der Waals surface area contributed by atoms with Crippen LogP contribution in [0.2, 0.25) is 0 Å². The Kier molecular flexibility index (Phi) is 4.13. The Balaban J connectivity index is 1.70. The molecule has 0 aliphatic carbocycles. The van der Waals surface area contributed by atoms with Crippen LogP contribution in [0.15, 0.2) is 22.7 Å². The van der Waals surface area contributed by atoms with Crippen LogP contribution in [0.1, 0.15) is 57.8 Å². The Hall–Kier alpha value is -2.63. The summed E-state index contributed by atoms with van der Waals surface area (Å²) in [6, 6.07) is 5.04. The quantitative estimate of drug-likeness (QED) is 0.932. The smallest absolute Gasteiger partial charge is 0.335 e. The Morgan fingerprint density at radius 3 is 2.62 bits per heavy atom. The molecule has 2 aromatic rings. The van der Waals surface area contributed by atoms with Crippen molar-refractivity contribution < 1.29 is 19.2 Å². The second-order valence-corrected chi connectivity index (χ2v) is 6.38. The van der Waals surface area contributed by atoms with Crippen molar-refractivity contribution in [3.05, 3.63) is 51.9 Å². The molecule has 1 aromatic carbocycles. The molecule has 0 spiro atoms. The zero-order valence-corrected chi connectivity index (χ0v) is 14.0. The summed E-state index contributed by atoms with van der Waals surface area (Å²) >= 11 is 0. The minimum Gasteiger partial charge on any atom is -0.478 e. The van der Waals surface area contributed by atoms with E-state index < -0.39 is 5.97 Å². The number of rotatable bonds is 4. The molecule has 1 amide bonds. The summed E-state index contributed by atoms with van der Waals surface area (Å²) in [6.07, 6.45) is 0.378. The van der Waals surface area contributed by atoms with Crippen molar-refractivity contribution in [3.8, 4) is 0 Å². The molecule has 126 valence electrons. The molecular weight excluding hydrogens is 308 g/mol. The zero-order valence-electron chi connectivity index (χ0n) is 14.0. The molecule has 0 radical (unpaired) electrons. The minimum absolute atomic E-state index is 0.0297. The molecule has 1 aliphatic heterocycles. The zero-order chi connectivity index (χ0) is 17.4. The molecule has 1 atom stereocenters. The van der Waals surface area contributed by atoms with Gasteiger partial charge in [-0.25, -0.2) is 4.79 Å². The molecule has 1 aromatic heterocycles. The third-order valence-corrected chi connectivity index (χ3v) is 4.59. The Bertz CT molecular complexity index is 790. The summed E-state index contributed by atoms with van der Waals surface area (Å²) in [4.78, 5) is 25.4. The first-order valence-electron chi connectivity index (χ1n) is 7.92. The Morgan fingerprint density at radius 1 is 1.29 bits per heavy atom. The number of hydrogen-bond acceptors (Lipinski definition) is 4. The summed E-state index contributed by atoms with van der Waals surface area (Å²) in [5, 5.41) is 13.0. The van der Waals surface area contributed by atoms with Crippen molar-refractivity contribution in [1.82, 2.24) is 10.1 Å². The van der Waals surface area contributed by atoms with E-state index in [4.69, 9.17) is 9.63 Å². The number of amides is 1. The highest BCUT2D eigenvalue weighted by Gasteiger charge is 2.27. The van der Waals surface area contributed by atoms with Gasteiger partial charge in [0.2, 0.25) is 5.91 Å². The topological polar surface area (TPSA) is 83.6 Å². The molecule has 0 saturated heterocycles. The summed E-state index contributed by atoms with van der Waals surface area (Å²) < 4.78 is 5.18. The first-order chi connectivity index (χ1) is 11.4. The molecule has 24 heavy (non-hydrogen) atoms. The molecule has 1 N–H and O–H groups in total. The van der Waals surface area contributed by atoms with Crippen molar-refractivity contribution in [2.75, 3.05) is 0 Å². The first kappa shape index (κ1) is 16.2. The standard InChI is InChI=1S/C18H20N2O4/c1-10(17-11(2)19-24-12(17)3)6-16(21)20-8-14-5-4-13(18(22)23)7-15(14)9-20/h4-5,7,10H,6,8-9H2,1-3H3,(H,22,23). The predicted octanol–water partition coefficient (Wildman–Crippen LogP) is 3.03. The average Bonchev–Trinajstić information content (AvgIpc) is 3.09. The van der Waals surface area contributed by atoms with E-state index in [-0.39, 0.29) is 17.4 Å². The molecule has 0 fully saturated rings. The third-order valence-electron chi connectivity index (χ3n) is 4.59. The maximum Gasteiger partial charge on any atom is 0.335 e. The van der Waals surface area contributed by atoms with Crippen LogP contribution < -0.4 is 0 Å². The summed E-state index contributed by atoms with van der Waals surface area (Å²) in [7, 11) is 0. The lowest BCUT2D eigenvalue weighted by Gasteiger charge is -2.18. The van der Waals surface area contributed by atoms with Crippen LogP contribution in [-0.2, 0) is 17.9 Å². The molecule has 3 rings (SSSR count). The predicted molar refractivity (Wildman–Crippen MR) is 86.7 cm³/mol. The SMILES string of the molecule is Cc1noc(C)c1C(C)CC(=O)N1Cc2ccc(C(=O)O)cc2C1. The summed E-state index contributed by atoms with van der Waals surface area (Å²) in [5.74, 6) is -0.115. The summed E-state index contributed by atoms with van der Waals surface area (Å²) in [5.41, 5.74) is 4.00. The molecule has 0 saturated carbocycles. The number of hydrogen-bond donors (Lipinski definition) is 1. The van der Waals surface area contributed by atoms with Crippen molar-refractivity contribution in [3.63, 3.8) is 0 Å². The van der Waals surface area contributed by atoms with Gasteiger partial charge in [-0.05, 0) is 43.0 Å². The van der Waals surface area contributed by atoms with Gasteiger partial charge in [0.25, 0.3) is 0 Å². The molecule has 2 heterocycles. The van der Waals surface area contributed by atoms with Crippen LogP contribution in [-0.4, -0.2) is 27.0 Å². The van der Waals surface area contributed by atoms with Gasteiger partial charge in [0.1, 0.15) is 5.76 Å². The monoisotopic (exact) mass is 328 g/mol. The van der Waals surface area contributed by atoms with Crippen LogP contribution >= 0.6 is 0 Å². The fourth-order valence-electron chi connectivity index (χ4n) is 3.39. The number of carboxylic acid groups (broad SMARTS) is 1. The van der Waals surface area contributed by atoms with E-state index in [2.05, 4.69) is 5.16 Å². The van der Waals surface area contributed by atoms with Crippen molar-refractivity contribution in [2.24, 2.45) is 0 Å². The van der Waals surface area contributed by atoms with Crippen LogP contribution in [0.4, 0.5) is 0 Å². The lowest BCUT2D eigenvalue weighted by atomic mass is 9.95. The maximum atomic E-state index is 12.6. The highest BCUT2D eigenvalue weighted by atomic mass is 16.5. The molecule has 6 heteroatoms. The van der Waals surface area contributed by atoms with Crippen LogP contribution in [0.5, 0.6) is 0 Å². The van der Waals surface area contributed by atoms with Gasteiger partial charge < -0.3 is 14.5 Å². The lowest BCUT2D eigenvalue weighted by Crippen LogP contribution is -2.26. The van der Waals surface area contributed by atoms with Crippen molar-refractivity contribution in [2.45, 2.75) is 46.2 Å². The molecule has 1 unspecified atom stereocenters. The molecular formula is C18H20N2O4. The lowest BCUT2D eigenvalue weighted by molar-refractivity contribution is -0.132. The van der Waals surface area contributed by atoms with Gasteiger partial charge >= 0.3 is 5.97 Å². The number of carboxylic acids is 1. The highest BCUT2D eigenvalue weighted by Crippen LogP contribution is 2.29. The van der Waals surface area contributed by atoms with Gasteiger partial charge in [-0.1, -0.05) is 18.1 Å². The number of aryl methyl sites for hydroxylation is 2. The van der Waals surface area contributed by atoms with Gasteiger partial charge in [0.15, 0.2) is 0 Å². The second kappa shape index (κ2) is 6.11. The normalized spacial score (nSPS) is 14.5. The second-order valence-electron chi connectivity index (χ2n) is 6.38. The number of nitrogens with zero attached hydrogens (tertiary/aromatic N) is 2. The fourth-order valence-corrected chi connectivity index (χ4v) is 3.39. The van der Waals surface area contributed by atoms with Crippen molar-refractivity contribution in [1.29, 1.82) is 0 Å². The van der Waals surface area contributed by atoms with Crippen molar-refractivity contribution >= 4 is 11.9 Å². The number of benzene rings is 1. The van der Waals surface area contributed by atoms with Gasteiger partial charge in [0, 0.05) is 25.1 Å². The number of carbonyl (C=O) groups is 2. The van der Waals surface area contributed by atoms with Crippen LogP contribution in [0.25, 0.3) is 0 Å². The first-order valence-corrected chi connectivity index (χ1v) is 7.92. The van der Waals surface area contributed by atoms with Crippen LogP contribution in [0.3, 0.4) is 0 Å². The van der Waals surface area contributed by atoms with E-state index in [0.717, 1.165) is 28.1 Å². The number of fused-ring (bicyclic) bond motifs is 1. The average molecular weight is 328 g/mol. The Morgan fingerprint density at radius 2 is 2.00 bits per heavy atom. The van der Waals surface area contributed by atoms with E-state index in [9.17, 15) is 9.59 Å². The maximum absolute atomic E-state index is 12.6. The Labute approximate surface area is 140 Å². The third kappa shape index (κ3) is 2.91. The van der Waals surface area contributed by atoms with E-state index in [1.807, 2.05) is 20.8 Å². The van der Waals surface area contributed by atoms with Gasteiger partial charge in [-0.3, -0.25) is 4.79 Å². The van der Waals surface area contributed by atoms with Crippen LogP contribution in [0, 0.1) is 13.8 Å². The van der Waals surface area contributed by atoms with Gasteiger partial charge in [-0.2, -0.15) is 0 Å². The highest BCUT2D eigenvalue weighted by molar-refractivity contribution is 5.88. The van der Waals surface area contributed by atoms with E-state index in [0.29, 0.717) is 19.5 Å². The molecule has 0 bridgehead atoms. The fraction of sp³-hybridized carbons (Fsp3) is 0.389. The molecule has 6 nitrogen and oxygen atoms in total. The van der Waals surface area contributed by atoms with E-state index in [1.165, 1.54) is 0 Å².